The zero-order valence-corrected chi connectivity index (χ0v) is 8.88. The molecule has 0 unspecified atom stereocenters. The zero-order chi connectivity index (χ0) is 11.4. The second kappa shape index (κ2) is 4.52. The van der Waals surface area contributed by atoms with Crippen LogP contribution in [-0.2, 0) is 6.54 Å². The van der Waals surface area contributed by atoms with Crippen LogP contribution in [0.3, 0.4) is 0 Å². The van der Waals surface area contributed by atoms with Gasteiger partial charge in [0, 0.05) is 18.0 Å². The molecule has 0 saturated heterocycles. The summed E-state index contributed by atoms with van der Waals surface area (Å²) in [5.74, 6) is 0.956. The third-order valence-corrected chi connectivity index (χ3v) is 1.95. The maximum Gasteiger partial charge on any atom is 0.222 e. The first-order chi connectivity index (χ1) is 7.74. The Morgan fingerprint density at radius 2 is 2.25 bits per heavy atom. The number of nitrogens with zero attached hydrogens (tertiary/aromatic N) is 4. The van der Waals surface area contributed by atoms with Crippen LogP contribution in [0.1, 0.15) is 11.4 Å². The average Bonchev–Trinajstić information content (AvgIpc) is 2.27. The van der Waals surface area contributed by atoms with E-state index in [0.29, 0.717) is 12.4 Å². The van der Waals surface area contributed by atoms with E-state index in [1.165, 1.54) is 0 Å². The number of nitrogens with two attached hydrogens (primary N) is 1. The van der Waals surface area contributed by atoms with Crippen LogP contribution < -0.4 is 11.1 Å². The molecule has 16 heavy (non-hydrogen) atoms. The zero-order valence-electron chi connectivity index (χ0n) is 8.88. The van der Waals surface area contributed by atoms with Crippen LogP contribution in [0, 0.1) is 6.92 Å². The Bertz CT molecular complexity index is 450. The highest BCUT2D eigenvalue weighted by molar-refractivity contribution is 5.40. The van der Waals surface area contributed by atoms with Gasteiger partial charge in [-0.25, -0.2) is 4.98 Å². The summed E-state index contributed by atoms with van der Waals surface area (Å²) in [6.07, 6.45) is 1.64. The van der Waals surface area contributed by atoms with Gasteiger partial charge in [-0.05, 0) is 19.1 Å². The van der Waals surface area contributed by atoms with Crippen LogP contribution >= 0.6 is 0 Å². The van der Waals surface area contributed by atoms with Crippen molar-refractivity contribution in [3.8, 4) is 0 Å². The van der Waals surface area contributed by atoms with Gasteiger partial charge in [0.1, 0.15) is 5.82 Å². The molecule has 2 aromatic heterocycles. The van der Waals surface area contributed by atoms with E-state index in [0.717, 1.165) is 11.4 Å². The summed E-state index contributed by atoms with van der Waals surface area (Å²) in [5.41, 5.74) is 7.21. The predicted molar refractivity (Wildman–Crippen MR) is 60.5 cm³/mol. The number of hydrogen-bond donors (Lipinski definition) is 2. The van der Waals surface area contributed by atoms with Crippen molar-refractivity contribution in [3.63, 3.8) is 0 Å². The Morgan fingerprint density at radius 1 is 1.38 bits per heavy atom. The van der Waals surface area contributed by atoms with Crippen LogP contribution in [0.25, 0.3) is 0 Å². The molecule has 3 N–H and O–H groups in total. The van der Waals surface area contributed by atoms with Crippen molar-refractivity contribution in [3.05, 3.63) is 35.8 Å². The van der Waals surface area contributed by atoms with E-state index in [2.05, 4.69) is 25.5 Å². The second-order valence-corrected chi connectivity index (χ2v) is 3.32. The highest BCUT2D eigenvalue weighted by Gasteiger charge is 1.99. The Hall–Kier alpha value is -2.24. The standard InChI is InChI=1S/C10H12N6/c1-7-5-9(15-10(11)14-7)12-6-8-3-2-4-13-16-8/h2-5H,6H2,1H3,(H3,11,12,14,15). The van der Waals surface area contributed by atoms with E-state index < -0.39 is 0 Å². The highest BCUT2D eigenvalue weighted by atomic mass is 15.1. The molecule has 2 heterocycles. The molecule has 0 bridgehead atoms. The molecule has 6 nitrogen and oxygen atoms in total. The van der Waals surface area contributed by atoms with Crippen LogP contribution in [-0.4, -0.2) is 20.2 Å². The van der Waals surface area contributed by atoms with E-state index >= 15 is 0 Å². The van der Waals surface area contributed by atoms with Gasteiger partial charge in [0.15, 0.2) is 0 Å². The first-order valence-corrected chi connectivity index (χ1v) is 4.85. The van der Waals surface area contributed by atoms with E-state index in [9.17, 15) is 0 Å². The molecule has 0 aromatic carbocycles. The fourth-order valence-corrected chi connectivity index (χ4v) is 1.29. The lowest BCUT2D eigenvalue weighted by Gasteiger charge is -2.05. The van der Waals surface area contributed by atoms with Gasteiger partial charge in [-0.3, -0.25) is 0 Å². The van der Waals surface area contributed by atoms with Gasteiger partial charge in [0.2, 0.25) is 5.95 Å². The molecule has 0 amide bonds. The molecule has 0 aliphatic carbocycles. The van der Waals surface area contributed by atoms with Crippen molar-refractivity contribution in [2.45, 2.75) is 13.5 Å². The molecule has 0 radical (unpaired) electrons. The van der Waals surface area contributed by atoms with E-state index in [-0.39, 0.29) is 5.95 Å². The molecular formula is C10H12N6. The van der Waals surface area contributed by atoms with Crippen molar-refractivity contribution >= 4 is 11.8 Å². The number of aryl methyl sites for hydroxylation is 1. The van der Waals surface area contributed by atoms with Crippen molar-refractivity contribution in [1.82, 2.24) is 20.2 Å². The van der Waals surface area contributed by atoms with Gasteiger partial charge >= 0.3 is 0 Å². The number of nitrogen functional groups attached to an aromatic ring is 1. The molecule has 2 rings (SSSR count). The first-order valence-electron chi connectivity index (χ1n) is 4.85. The summed E-state index contributed by atoms with van der Waals surface area (Å²) in [6, 6.07) is 5.55. The molecule has 0 fully saturated rings. The third-order valence-electron chi connectivity index (χ3n) is 1.95. The molecule has 6 heteroatoms. The number of nitrogens with one attached hydrogen (secondary N) is 1. The molecule has 0 aliphatic heterocycles. The Kier molecular flexibility index (Phi) is 2.90. The Balaban J connectivity index is 2.05. The third kappa shape index (κ3) is 2.63. The highest BCUT2D eigenvalue weighted by Crippen LogP contribution is 2.08. The SMILES string of the molecule is Cc1cc(NCc2cccnn2)nc(N)n1. The molecule has 0 atom stereocenters. The van der Waals surface area contributed by atoms with Gasteiger partial charge in [-0.2, -0.15) is 15.2 Å². The quantitative estimate of drug-likeness (QED) is 0.787. The topological polar surface area (TPSA) is 89.6 Å². The average molecular weight is 216 g/mol. The monoisotopic (exact) mass is 216 g/mol. The molecule has 0 spiro atoms. The molecule has 0 aliphatic rings. The maximum absolute atomic E-state index is 5.54. The Morgan fingerprint density at radius 3 is 2.94 bits per heavy atom. The van der Waals surface area contributed by atoms with E-state index in [1.807, 2.05) is 25.1 Å². The molecule has 0 saturated carbocycles. The lowest BCUT2D eigenvalue weighted by molar-refractivity contribution is 0.918. The van der Waals surface area contributed by atoms with Crippen LogP contribution in [0.4, 0.5) is 11.8 Å². The molecule has 82 valence electrons. The van der Waals surface area contributed by atoms with Crippen molar-refractivity contribution in [2.24, 2.45) is 0 Å². The second-order valence-electron chi connectivity index (χ2n) is 3.32. The van der Waals surface area contributed by atoms with Crippen LogP contribution in [0.5, 0.6) is 0 Å². The molecule has 2 aromatic rings. The smallest absolute Gasteiger partial charge is 0.222 e. The normalized spacial score (nSPS) is 10.1. The lowest BCUT2D eigenvalue weighted by atomic mass is 10.3. The fraction of sp³-hybridized carbons (Fsp3) is 0.200. The minimum absolute atomic E-state index is 0.265. The van der Waals surface area contributed by atoms with Gasteiger partial charge < -0.3 is 11.1 Å². The predicted octanol–water partition coefficient (Wildman–Crippen LogP) is 0.769. The van der Waals surface area contributed by atoms with Crippen molar-refractivity contribution in [2.75, 3.05) is 11.1 Å². The minimum Gasteiger partial charge on any atom is -0.368 e. The largest absolute Gasteiger partial charge is 0.368 e. The number of aromatic nitrogens is 4. The first kappa shape index (κ1) is 10.3. The summed E-state index contributed by atoms with van der Waals surface area (Å²) >= 11 is 0. The lowest BCUT2D eigenvalue weighted by Crippen LogP contribution is -2.06. The van der Waals surface area contributed by atoms with Crippen LogP contribution in [0.2, 0.25) is 0 Å². The van der Waals surface area contributed by atoms with Gasteiger partial charge in [0.25, 0.3) is 0 Å². The van der Waals surface area contributed by atoms with Crippen LogP contribution in [0.15, 0.2) is 24.4 Å². The maximum atomic E-state index is 5.54. The fourth-order valence-electron chi connectivity index (χ4n) is 1.29. The van der Waals surface area contributed by atoms with Crippen molar-refractivity contribution in [1.29, 1.82) is 0 Å². The van der Waals surface area contributed by atoms with Crippen molar-refractivity contribution < 1.29 is 0 Å². The van der Waals surface area contributed by atoms with Gasteiger partial charge in [-0.15, -0.1) is 0 Å². The molecular weight excluding hydrogens is 204 g/mol. The number of hydrogen-bond acceptors (Lipinski definition) is 6. The van der Waals surface area contributed by atoms with Gasteiger partial charge in [0.05, 0.1) is 12.2 Å². The number of anilines is 2. The van der Waals surface area contributed by atoms with E-state index in [1.54, 1.807) is 6.20 Å². The van der Waals surface area contributed by atoms with E-state index in [4.69, 9.17) is 5.73 Å². The summed E-state index contributed by atoms with van der Waals surface area (Å²) in [4.78, 5) is 8.04. The summed E-state index contributed by atoms with van der Waals surface area (Å²) in [7, 11) is 0. The minimum atomic E-state index is 0.265. The van der Waals surface area contributed by atoms with Gasteiger partial charge in [-0.1, -0.05) is 0 Å². The Labute approximate surface area is 93.0 Å². The summed E-state index contributed by atoms with van der Waals surface area (Å²) in [6.45, 7) is 2.43. The summed E-state index contributed by atoms with van der Waals surface area (Å²) < 4.78 is 0. The number of rotatable bonds is 3. The summed E-state index contributed by atoms with van der Waals surface area (Å²) in [5, 5.41) is 10.8.